The van der Waals surface area contributed by atoms with Crippen LogP contribution in [0.2, 0.25) is 0 Å². The van der Waals surface area contributed by atoms with Gasteiger partial charge in [0.05, 0.1) is 30.6 Å². The van der Waals surface area contributed by atoms with E-state index >= 15 is 0 Å². The Balaban J connectivity index is 1.67. The van der Waals surface area contributed by atoms with Gasteiger partial charge in [-0.2, -0.15) is 0 Å². The van der Waals surface area contributed by atoms with E-state index < -0.39 is 0 Å². The molecule has 1 unspecified atom stereocenters. The van der Waals surface area contributed by atoms with Crippen LogP contribution in [0.5, 0.6) is 0 Å². The van der Waals surface area contributed by atoms with E-state index in [1.54, 1.807) is 6.20 Å². The summed E-state index contributed by atoms with van der Waals surface area (Å²) in [5.41, 5.74) is 1.35. The van der Waals surface area contributed by atoms with Crippen molar-refractivity contribution in [3.05, 3.63) is 23.3 Å². The number of hydrogen-bond acceptors (Lipinski definition) is 6. The molecule has 0 radical (unpaired) electrons. The Morgan fingerprint density at radius 3 is 2.73 bits per heavy atom. The standard InChI is InChI=1S/C19H30N4O3/c1-14(2)18-20-11-17(15(3)21-18)19(24)23-5-4-8-26-16(13-23)12-22-6-9-25-10-7-22/h11,14,16H,4-10,12-13H2,1-3H3. The molecule has 144 valence electrons. The summed E-state index contributed by atoms with van der Waals surface area (Å²) in [5, 5.41) is 0. The number of aromatic nitrogens is 2. The Morgan fingerprint density at radius 2 is 2.04 bits per heavy atom. The van der Waals surface area contributed by atoms with Crippen molar-refractivity contribution in [1.82, 2.24) is 19.8 Å². The maximum Gasteiger partial charge on any atom is 0.257 e. The number of carbonyl (C=O) groups is 1. The van der Waals surface area contributed by atoms with Gasteiger partial charge in [0.25, 0.3) is 5.91 Å². The zero-order chi connectivity index (χ0) is 18.5. The third-order valence-corrected chi connectivity index (χ3v) is 4.95. The first-order valence-electron chi connectivity index (χ1n) is 9.59. The lowest BCUT2D eigenvalue weighted by atomic mass is 10.1. The van der Waals surface area contributed by atoms with Crippen LogP contribution in [0, 0.1) is 6.92 Å². The summed E-state index contributed by atoms with van der Waals surface area (Å²) in [4.78, 5) is 26.2. The number of hydrogen-bond donors (Lipinski definition) is 0. The van der Waals surface area contributed by atoms with Crippen molar-refractivity contribution in [2.45, 2.75) is 39.2 Å². The molecule has 3 rings (SSSR count). The van der Waals surface area contributed by atoms with Gasteiger partial charge in [-0.05, 0) is 13.3 Å². The van der Waals surface area contributed by atoms with Crippen molar-refractivity contribution in [2.24, 2.45) is 0 Å². The van der Waals surface area contributed by atoms with Crippen LogP contribution in [-0.2, 0) is 9.47 Å². The monoisotopic (exact) mass is 362 g/mol. The number of ether oxygens (including phenoxy) is 2. The highest BCUT2D eigenvalue weighted by molar-refractivity contribution is 5.95. The number of nitrogens with zero attached hydrogens (tertiary/aromatic N) is 4. The third-order valence-electron chi connectivity index (χ3n) is 4.95. The normalized spacial score (nSPS) is 22.5. The molecular weight excluding hydrogens is 332 g/mol. The Hall–Kier alpha value is -1.57. The van der Waals surface area contributed by atoms with Gasteiger partial charge in [-0.1, -0.05) is 13.8 Å². The van der Waals surface area contributed by atoms with Gasteiger partial charge in [0.15, 0.2) is 0 Å². The fraction of sp³-hybridized carbons (Fsp3) is 0.737. The van der Waals surface area contributed by atoms with Crippen molar-refractivity contribution < 1.29 is 14.3 Å². The predicted molar refractivity (Wildman–Crippen MR) is 98.4 cm³/mol. The van der Waals surface area contributed by atoms with E-state index in [0.717, 1.165) is 50.8 Å². The molecule has 7 heteroatoms. The Bertz CT molecular complexity index is 617. The summed E-state index contributed by atoms with van der Waals surface area (Å²) in [5.74, 6) is 1.04. The molecule has 26 heavy (non-hydrogen) atoms. The molecule has 2 aliphatic heterocycles. The van der Waals surface area contributed by atoms with Gasteiger partial charge in [0, 0.05) is 51.4 Å². The number of amides is 1. The maximum absolute atomic E-state index is 13.0. The van der Waals surface area contributed by atoms with Gasteiger partial charge in [-0.15, -0.1) is 0 Å². The van der Waals surface area contributed by atoms with Gasteiger partial charge in [-0.3, -0.25) is 9.69 Å². The molecular formula is C19H30N4O3. The molecule has 1 atom stereocenters. The van der Waals surface area contributed by atoms with E-state index in [1.165, 1.54) is 0 Å². The zero-order valence-corrected chi connectivity index (χ0v) is 16.1. The highest BCUT2D eigenvalue weighted by Crippen LogP contribution is 2.16. The molecule has 0 spiro atoms. The first kappa shape index (κ1) is 19.2. The van der Waals surface area contributed by atoms with Crippen molar-refractivity contribution >= 4 is 5.91 Å². The summed E-state index contributed by atoms with van der Waals surface area (Å²) in [7, 11) is 0. The van der Waals surface area contributed by atoms with Crippen LogP contribution < -0.4 is 0 Å². The fourth-order valence-electron chi connectivity index (χ4n) is 3.41. The first-order valence-corrected chi connectivity index (χ1v) is 9.59. The van der Waals surface area contributed by atoms with Crippen LogP contribution in [-0.4, -0.2) is 84.3 Å². The average molecular weight is 362 g/mol. The lowest BCUT2D eigenvalue weighted by Crippen LogP contribution is -2.46. The minimum absolute atomic E-state index is 0.00952. The molecule has 7 nitrogen and oxygen atoms in total. The Morgan fingerprint density at radius 1 is 1.27 bits per heavy atom. The molecule has 3 heterocycles. The molecule has 1 aromatic rings. The summed E-state index contributed by atoms with van der Waals surface area (Å²) < 4.78 is 11.4. The molecule has 1 aromatic heterocycles. The largest absolute Gasteiger partial charge is 0.379 e. The highest BCUT2D eigenvalue weighted by Gasteiger charge is 2.27. The SMILES string of the molecule is Cc1nc(C(C)C)ncc1C(=O)N1CCCOC(CN2CCOCC2)C1. The average Bonchev–Trinajstić information content (AvgIpc) is 2.87. The fourth-order valence-corrected chi connectivity index (χ4v) is 3.41. The van der Waals surface area contributed by atoms with Gasteiger partial charge in [0.1, 0.15) is 5.82 Å². The van der Waals surface area contributed by atoms with Crippen LogP contribution in [0.4, 0.5) is 0 Å². The lowest BCUT2D eigenvalue weighted by Gasteiger charge is -2.31. The second-order valence-corrected chi connectivity index (χ2v) is 7.39. The van der Waals surface area contributed by atoms with E-state index in [4.69, 9.17) is 9.47 Å². The first-order chi connectivity index (χ1) is 12.5. The van der Waals surface area contributed by atoms with Crippen LogP contribution >= 0.6 is 0 Å². The van der Waals surface area contributed by atoms with Crippen LogP contribution in [0.3, 0.4) is 0 Å². The molecule has 2 fully saturated rings. The van der Waals surface area contributed by atoms with E-state index in [-0.39, 0.29) is 17.9 Å². The van der Waals surface area contributed by atoms with Crippen molar-refractivity contribution in [3.8, 4) is 0 Å². The number of aryl methyl sites for hydroxylation is 1. The van der Waals surface area contributed by atoms with Gasteiger partial charge >= 0.3 is 0 Å². The van der Waals surface area contributed by atoms with E-state index in [9.17, 15) is 4.79 Å². The van der Waals surface area contributed by atoms with E-state index in [1.807, 2.05) is 11.8 Å². The maximum atomic E-state index is 13.0. The number of morpholine rings is 1. The molecule has 0 saturated carbocycles. The molecule has 2 aliphatic rings. The second kappa shape index (κ2) is 8.88. The van der Waals surface area contributed by atoms with Crippen molar-refractivity contribution in [2.75, 3.05) is 52.5 Å². The smallest absolute Gasteiger partial charge is 0.257 e. The summed E-state index contributed by atoms with van der Waals surface area (Å²) in [6.45, 7) is 12.3. The number of rotatable bonds is 4. The van der Waals surface area contributed by atoms with Gasteiger partial charge < -0.3 is 14.4 Å². The van der Waals surface area contributed by atoms with E-state index in [0.29, 0.717) is 25.3 Å². The third kappa shape index (κ3) is 4.78. The Kier molecular flexibility index (Phi) is 6.56. The molecule has 2 saturated heterocycles. The lowest BCUT2D eigenvalue weighted by molar-refractivity contribution is -0.0112. The van der Waals surface area contributed by atoms with Gasteiger partial charge in [-0.25, -0.2) is 9.97 Å². The van der Waals surface area contributed by atoms with Crippen molar-refractivity contribution in [3.63, 3.8) is 0 Å². The van der Waals surface area contributed by atoms with E-state index in [2.05, 4.69) is 28.7 Å². The highest BCUT2D eigenvalue weighted by atomic mass is 16.5. The summed E-state index contributed by atoms with van der Waals surface area (Å²) >= 11 is 0. The molecule has 0 aliphatic carbocycles. The van der Waals surface area contributed by atoms with Crippen molar-refractivity contribution in [1.29, 1.82) is 0 Å². The Labute approximate surface area is 155 Å². The minimum Gasteiger partial charge on any atom is -0.379 e. The topological polar surface area (TPSA) is 67.8 Å². The molecule has 1 amide bonds. The molecule has 0 aromatic carbocycles. The molecule has 0 N–H and O–H groups in total. The zero-order valence-electron chi connectivity index (χ0n) is 16.1. The summed E-state index contributed by atoms with van der Waals surface area (Å²) in [6, 6.07) is 0. The van der Waals surface area contributed by atoms with Gasteiger partial charge in [0.2, 0.25) is 0 Å². The van der Waals surface area contributed by atoms with Crippen LogP contribution in [0.15, 0.2) is 6.20 Å². The van der Waals surface area contributed by atoms with Crippen LogP contribution in [0.25, 0.3) is 0 Å². The predicted octanol–water partition coefficient (Wildman–Crippen LogP) is 1.47. The molecule has 0 bridgehead atoms. The quantitative estimate of drug-likeness (QED) is 0.808. The second-order valence-electron chi connectivity index (χ2n) is 7.39. The number of carbonyl (C=O) groups excluding carboxylic acids is 1. The minimum atomic E-state index is 0.00952. The van der Waals surface area contributed by atoms with Crippen LogP contribution in [0.1, 0.15) is 48.1 Å². The summed E-state index contributed by atoms with van der Waals surface area (Å²) in [6.07, 6.45) is 2.58.